The Morgan fingerprint density at radius 1 is 0.519 bits per heavy atom. The summed E-state index contributed by atoms with van der Waals surface area (Å²) in [5.41, 5.74) is 0. The third-order valence-corrected chi connectivity index (χ3v) is 14.3. The Morgan fingerprint density at radius 2 is 0.935 bits per heavy atom. The van der Waals surface area contributed by atoms with Crippen LogP contribution in [0.15, 0.2) is 85.1 Å². The zero-order valence-corrected chi connectivity index (χ0v) is 49.1. The van der Waals surface area contributed by atoms with Gasteiger partial charge in [-0.2, -0.15) is 0 Å². The molecule has 8 atom stereocenters. The second-order valence-electron chi connectivity index (χ2n) is 21.4. The van der Waals surface area contributed by atoms with E-state index in [9.17, 15) is 35.1 Å². The summed E-state index contributed by atoms with van der Waals surface area (Å²) in [7, 11) is 0. The highest BCUT2D eigenvalue weighted by Crippen LogP contribution is 2.26. The van der Waals surface area contributed by atoms with Crippen molar-refractivity contribution in [1.82, 2.24) is 5.32 Å². The normalized spacial score (nSPS) is 19.6. The van der Waals surface area contributed by atoms with Gasteiger partial charge in [0.15, 0.2) is 12.4 Å². The maximum absolute atomic E-state index is 13.4. The number of nitrogens with one attached hydrogen (secondary N) is 1. The fourth-order valence-corrected chi connectivity index (χ4v) is 9.32. The number of aliphatic hydroxyl groups is 5. The first-order valence-corrected chi connectivity index (χ1v) is 31.4. The van der Waals surface area contributed by atoms with Gasteiger partial charge < -0.3 is 45.1 Å². The number of allylic oxidation sites excluding steroid dienone is 13. The molecule has 6 N–H and O–H groups in total. The summed E-state index contributed by atoms with van der Waals surface area (Å²) in [5, 5.41) is 57.0. The molecule has 444 valence electrons. The number of amides is 1. The van der Waals surface area contributed by atoms with E-state index in [1.165, 1.54) is 116 Å². The molecule has 1 amide bonds. The number of hydrogen-bond acceptors (Lipinski definition) is 10. The van der Waals surface area contributed by atoms with E-state index >= 15 is 0 Å². The first-order chi connectivity index (χ1) is 37.7. The van der Waals surface area contributed by atoms with Gasteiger partial charge in [-0.15, -0.1) is 0 Å². The van der Waals surface area contributed by atoms with Gasteiger partial charge in [0.2, 0.25) is 5.91 Å². The molecule has 0 aromatic heterocycles. The summed E-state index contributed by atoms with van der Waals surface area (Å²) in [5.74, 6) is -1.23. The minimum atomic E-state index is -1.62. The molecule has 1 aliphatic heterocycles. The van der Waals surface area contributed by atoms with E-state index in [0.29, 0.717) is 12.8 Å². The average molecular weight is 1080 g/mol. The van der Waals surface area contributed by atoms with Crippen LogP contribution in [-0.4, -0.2) is 99.6 Å². The molecule has 11 heteroatoms. The molecule has 0 aliphatic carbocycles. The molecule has 0 saturated carbocycles. The minimum absolute atomic E-state index is 0.111. The van der Waals surface area contributed by atoms with Crippen molar-refractivity contribution in [3.63, 3.8) is 0 Å². The van der Waals surface area contributed by atoms with E-state index in [0.717, 1.165) is 96.3 Å². The number of carbonyl (C=O) groups is 2. The smallest absolute Gasteiger partial charge is 0.306 e. The van der Waals surface area contributed by atoms with Crippen molar-refractivity contribution in [2.45, 2.75) is 307 Å². The lowest BCUT2D eigenvalue weighted by atomic mass is 9.99. The maximum Gasteiger partial charge on any atom is 0.306 e. The van der Waals surface area contributed by atoms with Crippen LogP contribution in [0.4, 0.5) is 0 Å². The van der Waals surface area contributed by atoms with Crippen LogP contribution >= 0.6 is 0 Å². The lowest BCUT2D eigenvalue weighted by Crippen LogP contribution is -2.61. The van der Waals surface area contributed by atoms with Crippen molar-refractivity contribution >= 4 is 11.9 Å². The molecular weight excluding hydrogens is 967 g/mol. The third-order valence-electron chi connectivity index (χ3n) is 14.3. The lowest BCUT2D eigenvalue weighted by Gasteiger charge is -2.41. The zero-order chi connectivity index (χ0) is 56.1. The predicted octanol–water partition coefficient (Wildman–Crippen LogP) is 14.9. The molecule has 1 saturated heterocycles. The SMILES string of the molecule is CC/C=C\C/C=C\C/C=C\C/C=C\C/C=C\CCCCC(O)C(=O)NC(COC1OC(CO)C(O)C(O)C1OC(=O)CCCCCCCCC/C=C/CCCCCCCC)C(O)/C=C/CCCCCCCCCCCCC. The number of carbonyl (C=O) groups excluding carboxylic acids is 2. The van der Waals surface area contributed by atoms with Crippen LogP contribution in [0.1, 0.15) is 258 Å². The lowest BCUT2D eigenvalue weighted by molar-refractivity contribution is -0.305. The number of esters is 1. The van der Waals surface area contributed by atoms with Gasteiger partial charge in [-0.3, -0.25) is 9.59 Å². The van der Waals surface area contributed by atoms with Crippen LogP contribution in [0.3, 0.4) is 0 Å². The van der Waals surface area contributed by atoms with E-state index in [2.05, 4.69) is 99.0 Å². The molecule has 0 radical (unpaired) electrons. The average Bonchev–Trinajstić information content (AvgIpc) is 3.43. The summed E-state index contributed by atoms with van der Waals surface area (Å²) >= 11 is 0. The molecule has 77 heavy (non-hydrogen) atoms. The quantitative estimate of drug-likeness (QED) is 0.0195. The Balaban J connectivity index is 2.73. The zero-order valence-electron chi connectivity index (χ0n) is 49.1. The van der Waals surface area contributed by atoms with Gasteiger partial charge in [-0.1, -0.05) is 241 Å². The summed E-state index contributed by atoms with van der Waals surface area (Å²) in [4.78, 5) is 26.5. The Bertz CT molecular complexity index is 1570. The highest BCUT2D eigenvalue weighted by molar-refractivity contribution is 5.80. The molecule has 0 spiro atoms. The van der Waals surface area contributed by atoms with Gasteiger partial charge in [-0.05, 0) is 96.3 Å². The third kappa shape index (κ3) is 41.5. The predicted molar refractivity (Wildman–Crippen MR) is 319 cm³/mol. The van der Waals surface area contributed by atoms with Crippen molar-refractivity contribution in [1.29, 1.82) is 0 Å². The van der Waals surface area contributed by atoms with Crippen LogP contribution in [-0.2, 0) is 23.8 Å². The topological polar surface area (TPSA) is 175 Å². The summed E-state index contributed by atoms with van der Waals surface area (Å²) in [6, 6.07) is -1.05. The first-order valence-electron chi connectivity index (χ1n) is 31.4. The number of rotatable bonds is 52. The van der Waals surface area contributed by atoms with Gasteiger partial charge in [0.1, 0.15) is 24.4 Å². The summed E-state index contributed by atoms with van der Waals surface area (Å²) in [6.45, 7) is 5.65. The van der Waals surface area contributed by atoms with Crippen LogP contribution < -0.4 is 5.32 Å². The number of hydrogen-bond donors (Lipinski definition) is 6. The van der Waals surface area contributed by atoms with Crippen LogP contribution in [0.2, 0.25) is 0 Å². The molecule has 0 bridgehead atoms. The number of unbranched alkanes of at least 4 members (excludes halogenated alkanes) is 26. The Labute approximate surface area is 470 Å². The molecule has 1 heterocycles. The molecular formula is C66H115NO10. The second kappa shape index (κ2) is 53.5. The minimum Gasteiger partial charge on any atom is -0.454 e. The molecule has 8 unspecified atom stereocenters. The molecule has 0 aromatic carbocycles. The van der Waals surface area contributed by atoms with Gasteiger partial charge >= 0.3 is 5.97 Å². The highest BCUT2D eigenvalue weighted by atomic mass is 16.7. The monoisotopic (exact) mass is 1080 g/mol. The molecule has 1 fully saturated rings. The fraction of sp³-hybridized carbons (Fsp3) is 0.758. The summed E-state index contributed by atoms with van der Waals surface area (Å²) < 4.78 is 17.6. The maximum atomic E-state index is 13.4. The molecule has 1 aliphatic rings. The van der Waals surface area contributed by atoms with E-state index in [4.69, 9.17) is 14.2 Å². The van der Waals surface area contributed by atoms with Crippen molar-refractivity contribution in [2.24, 2.45) is 0 Å². The van der Waals surface area contributed by atoms with Crippen molar-refractivity contribution in [3.8, 4) is 0 Å². The number of aliphatic hydroxyl groups excluding tert-OH is 5. The van der Waals surface area contributed by atoms with E-state index < -0.39 is 67.4 Å². The van der Waals surface area contributed by atoms with Gasteiger partial charge in [-0.25, -0.2) is 0 Å². The second-order valence-corrected chi connectivity index (χ2v) is 21.4. The highest BCUT2D eigenvalue weighted by Gasteiger charge is 2.47. The van der Waals surface area contributed by atoms with Gasteiger partial charge in [0, 0.05) is 6.42 Å². The Hall–Kier alpha value is -3.16. The van der Waals surface area contributed by atoms with Crippen molar-refractivity contribution < 1.29 is 49.3 Å². The molecule has 1 rings (SSSR count). The fourth-order valence-electron chi connectivity index (χ4n) is 9.32. The van der Waals surface area contributed by atoms with Crippen molar-refractivity contribution in [3.05, 3.63) is 85.1 Å². The van der Waals surface area contributed by atoms with E-state index in [-0.39, 0.29) is 19.4 Å². The Morgan fingerprint density at radius 3 is 1.42 bits per heavy atom. The summed E-state index contributed by atoms with van der Waals surface area (Å²) in [6.07, 6.45) is 59.0. The molecule has 11 nitrogen and oxygen atoms in total. The van der Waals surface area contributed by atoms with Gasteiger partial charge in [0.25, 0.3) is 0 Å². The van der Waals surface area contributed by atoms with E-state index in [1.807, 2.05) is 6.08 Å². The van der Waals surface area contributed by atoms with Crippen LogP contribution in [0, 0.1) is 0 Å². The van der Waals surface area contributed by atoms with Crippen LogP contribution in [0.25, 0.3) is 0 Å². The van der Waals surface area contributed by atoms with Crippen molar-refractivity contribution in [2.75, 3.05) is 13.2 Å². The van der Waals surface area contributed by atoms with Crippen LogP contribution in [0.5, 0.6) is 0 Å². The number of ether oxygens (including phenoxy) is 3. The van der Waals surface area contributed by atoms with Gasteiger partial charge in [0.05, 0.1) is 25.4 Å². The Kier molecular flexibility index (Phi) is 49.9. The van der Waals surface area contributed by atoms with E-state index in [1.54, 1.807) is 6.08 Å². The largest absolute Gasteiger partial charge is 0.454 e. The standard InChI is InChI=1S/C66H115NO10/c1-4-7-10-13-16-19-22-25-27-29-31-32-35-38-41-44-47-50-53-59(70)65(74)67-57(58(69)52-49-46-43-40-37-34-24-21-18-15-12-9-6-3)56-75-66-64(63(73)62(72)60(55-68)76-66)77-61(71)54-51-48-45-42-39-36-33-30-28-26-23-20-17-14-11-8-5-2/h7,10,16,19,25-28,31-32,38,41,49,52,57-60,62-64,66,68-70,72-73H,4-6,8-9,11-15,17-18,20-24,29-30,33-37,39-40,42-48,50-51,53-56H2,1-3H3,(H,67,74)/b10-7-,19-16-,27-25-,28-26+,32-31-,41-38-,52-49+. The molecule has 0 aromatic rings. The first kappa shape index (κ1) is 71.9.